The molecule has 2 amide bonds. The Morgan fingerprint density at radius 2 is 1.54 bits per heavy atom. The highest BCUT2D eigenvalue weighted by Crippen LogP contribution is 2.16. The molecule has 0 saturated carbocycles. The van der Waals surface area contributed by atoms with E-state index in [1.807, 2.05) is 42.6 Å². The predicted molar refractivity (Wildman–Crippen MR) is 97.8 cm³/mol. The van der Waals surface area contributed by atoms with Gasteiger partial charge in [-0.05, 0) is 54.3 Å². The van der Waals surface area contributed by atoms with Crippen LogP contribution in [-0.2, 0) is 0 Å². The fourth-order valence-corrected chi connectivity index (χ4v) is 2.88. The minimum atomic E-state index is -0.215. The van der Waals surface area contributed by atoms with Crippen LogP contribution in [0.15, 0.2) is 66.0 Å². The minimum absolute atomic E-state index is 0.179. The molecule has 5 heteroatoms. The first kappa shape index (κ1) is 16.0. The van der Waals surface area contributed by atoms with Crippen molar-refractivity contribution in [1.82, 2.24) is 0 Å². The van der Waals surface area contributed by atoms with Crippen molar-refractivity contribution >= 4 is 34.5 Å². The topological polar surface area (TPSA) is 58.2 Å². The predicted octanol–water partition coefficient (Wildman–Crippen LogP) is 4.56. The number of carbonyl (C=O) groups excluding carboxylic acids is 2. The number of carbonyl (C=O) groups is 2. The molecule has 0 bridgehead atoms. The highest BCUT2D eigenvalue weighted by Gasteiger charge is 2.10. The normalized spacial score (nSPS) is 10.2. The van der Waals surface area contributed by atoms with Crippen molar-refractivity contribution in [3.63, 3.8) is 0 Å². The second-order valence-electron chi connectivity index (χ2n) is 5.34. The van der Waals surface area contributed by atoms with E-state index in [0.717, 1.165) is 11.3 Å². The maximum absolute atomic E-state index is 12.4. The summed E-state index contributed by atoms with van der Waals surface area (Å²) in [6.45, 7) is 1.97. The Bertz CT molecular complexity index is 873. The van der Waals surface area contributed by atoms with Gasteiger partial charge in [0, 0.05) is 16.9 Å². The van der Waals surface area contributed by atoms with E-state index in [-0.39, 0.29) is 11.8 Å². The third-order valence-electron chi connectivity index (χ3n) is 3.40. The lowest BCUT2D eigenvalue weighted by molar-refractivity contribution is 0.101. The van der Waals surface area contributed by atoms with E-state index in [0.29, 0.717) is 16.1 Å². The average Bonchev–Trinajstić information content (AvgIpc) is 3.10. The molecule has 0 atom stereocenters. The molecular formula is C19H16N2O2S. The van der Waals surface area contributed by atoms with E-state index in [2.05, 4.69) is 10.6 Å². The molecule has 0 fully saturated rings. The Balaban J connectivity index is 1.72. The van der Waals surface area contributed by atoms with Crippen molar-refractivity contribution in [2.45, 2.75) is 6.92 Å². The van der Waals surface area contributed by atoms with Crippen LogP contribution in [0.25, 0.3) is 0 Å². The van der Waals surface area contributed by atoms with Crippen molar-refractivity contribution in [1.29, 1.82) is 0 Å². The van der Waals surface area contributed by atoms with Crippen LogP contribution >= 0.6 is 11.3 Å². The summed E-state index contributed by atoms with van der Waals surface area (Å²) in [4.78, 5) is 25.1. The van der Waals surface area contributed by atoms with Gasteiger partial charge in [0.1, 0.15) is 0 Å². The molecule has 0 aliphatic carbocycles. The zero-order valence-corrected chi connectivity index (χ0v) is 13.9. The lowest BCUT2D eigenvalue weighted by atomic mass is 10.1. The largest absolute Gasteiger partial charge is 0.322 e. The van der Waals surface area contributed by atoms with Gasteiger partial charge in [-0.15, -0.1) is 11.3 Å². The van der Waals surface area contributed by atoms with Gasteiger partial charge in [-0.2, -0.15) is 0 Å². The summed E-state index contributed by atoms with van der Waals surface area (Å²) in [5.74, 6) is -0.394. The van der Waals surface area contributed by atoms with Crippen molar-refractivity contribution in [3.8, 4) is 0 Å². The van der Waals surface area contributed by atoms with E-state index in [9.17, 15) is 9.59 Å². The molecule has 2 N–H and O–H groups in total. The number of benzene rings is 2. The second kappa shape index (κ2) is 7.10. The summed E-state index contributed by atoms with van der Waals surface area (Å²) in [5.41, 5.74) is 2.89. The van der Waals surface area contributed by atoms with Crippen LogP contribution < -0.4 is 10.6 Å². The number of hydrogen-bond acceptors (Lipinski definition) is 3. The maximum atomic E-state index is 12.4. The highest BCUT2D eigenvalue weighted by atomic mass is 32.1. The van der Waals surface area contributed by atoms with Crippen LogP contribution in [0.1, 0.15) is 25.6 Å². The highest BCUT2D eigenvalue weighted by molar-refractivity contribution is 7.12. The van der Waals surface area contributed by atoms with Crippen molar-refractivity contribution in [3.05, 3.63) is 82.0 Å². The third kappa shape index (κ3) is 3.88. The second-order valence-corrected chi connectivity index (χ2v) is 6.28. The van der Waals surface area contributed by atoms with Crippen LogP contribution in [0.4, 0.5) is 11.4 Å². The van der Waals surface area contributed by atoms with Gasteiger partial charge < -0.3 is 10.6 Å². The van der Waals surface area contributed by atoms with Crippen molar-refractivity contribution in [2.75, 3.05) is 10.6 Å². The third-order valence-corrected chi connectivity index (χ3v) is 4.27. The lowest BCUT2D eigenvalue weighted by Crippen LogP contribution is -2.14. The van der Waals surface area contributed by atoms with Gasteiger partial charge in [-0.3, -0.25) is 9.59 Å². The van der Waals surface area contributed by atoms with Gasteiger partial charge in [-0.1, -0.05) is 24.3 Å². The van der Waals surface area contributed by atoms with Gasteiger partial charge in [0.25, 0.3) is 11.8 Å². The SMILES string of the molecule is Cc1cccc(NC(=O)c2cccc(NC(=O)c3cccs3)c2)c1. The first-order chi connectivity index (χ1) is 11.6. The minimum Gasteiger partial charge on any atom is -0.322 e. The number of anilines is 2. The summed E-state index contributed by atoms with van der Waals surface area (Å²) in [5, 5.41) is 7.51. The monoisotopic (exact) mass is 336 g/mol. The fraction of sp³-hybridized carbons (Fsp3) is 0.0526. The Kier molecular flexibility index (Phi) is 4.72. The fourth-order valence-electron chi connectivity index (χ4n) is 2.26. The number of thiophene rings is 1. The zero-order chi connectivity index (χ0) is 16.9. The smallest absolute Gasteiger partial charge is 0.265 e. The first-order valence-electron chi connectivity index (χ1n) is 7.45. The molecule has 4 nitrogen and oxygen atoms in total. The quantitative estimate of drug-likeness (QED) is 0.734. The Morgan fingerprint density at radius 1 is 0.833 bits per heavy atom. The van der Waals surface area contributed by atoms with Crippen LogP contribution in [0, 0.1) is 6.92 Å². The zero-order valence-electron chi connectivity index (χ0n) is 13.1. The summed E-state index contributed by atoms with van der Waals surface area (Å²) in [7, 11) is 0. The molecular weight excluding hydrogens is 320 g/mol. The maximum Gasteiger partial charge on any atom is 0.265 e. The van der Waals surface area contributed by atoms with Crippen LogP contribution in [0.5, 0.6) is 0 Å². The lowest BCUT2D eigenvalue weighted by Gasteiger charge is -2.08. The molecule has 24 heavy (non-hydrogen) atoms. The number of hydrogen-bond donors (Lipinski definition) is 2. The molecule has 0 radical (unpaired) electrons. The number of nitrogens with one attached hydrogen (secondary N) is 2. The molecule has 3 rings (SSSR count). The molecule has 0 aliphatic rings. The van der Waals surface area contributed by atoms with E-state index >= 15 is 0 Å². The standard InChI is InChI=1S/C19H16N2O2S/c1-13-5-2-7-15(11-13)20-18(22)14-6-3-8-16(12-14)21-19(23)17-9-4-10-24-17/h2-12H,1H3,(H,20,22)(H,21,23). The molecule has 0 saturated heterocycles. The van der Waals surface area contributed by atoms with Crippen molar-refractivity contribution in [2.24, 2.45) is 0 Å². The van der Waals surface area contributed by atoms with Gasteiger partial charge in [-0.25, -0.2) is 0 Å². The van der Waals surface area contributed by atoms with Crippen LogP contribution in [0.3, 0.4) is 0 Å². The summed E-state index contributed by atoms with van der Waals surface area (Å²) < 4.78 is 0. The molecule has 1 heterocycles. The first-order valence-corrected chi connectivity index (χ1v) is 8.33. The van der Waals surface area contributed by atoms with Crippen molar-refractivity contribution < 1.29 is 9.59 Å². The summed E-state index contributed by atoms with van der Waals surface area (Å²) in [6.07, 6.45) is 0. The summed E-state index contributed by atoms with van der Waals surface area (Å²) in [6, 6.07) is 18.1. The Hall–Kier alpha value is -2.92. The number of aryl methyl sites for hydroxylation is 1. The van der Waals surface area contributed by atoms with Crippen LogP contribution in [0.2, 0.25) is 0 Å². The molecule has 1 aromatic heterocycles. The molecule has 2 aromatic carbocycles. The van der Waals surface area contributed by atoms with Gasteiger partial charge in [0.15, 0.2) is 0 Å². The van der Waals surface area contributed by atoms with Gasteiger partial charge in [0.05, 0.1) is 4.88 Å². The number of amides is 2. The molecule has 0 aliphatic heterocycles. The average molecular weight is 336 g/mol. The Labute approximate surface area is 144 Å². The van der Waals surface area contributed by atoms with Gasteiger partial charge >= 0.3 is 0 Å². The van der Waals surface area contributed by atoms with Gasteiger partial charge in [0.2, 0.25) is 0 Å². The van der Waals surface area contributed by atoms with E-state index in [4.69, 9.17) is 0 Å². The van der Waals surface area contributed by atoms with Crippen LogP contribution in [-0.4, -0.2) is 11.8 Å². The Morgan fingerprint density at radius 3 is 2.25 bits per heavy atom. The van der Waals surface area contributed by atoms with E-state index in [1.54, 1.807) is 30.3 Å². The number of rotatable bonds is 4. The van der Waals surface area contributed by atoms with E-state index < -0.39 is 0 Å². The van der Waals surface area contributed by atoms with E-state index in [1.165, 1.54) is 11.3 Å². The molecule has 0 unspecified atom stereocenters. The molecule has 3 aromatic rings. The molecule has 120 valence electrons. The molecule has 0 spiro atoms. The summed E-state index contributed by atoms with van der Waals surface area (Å²) >= 11 is 1.37.